The molecule has 0 spiro atoms. The topological polar surface area (TPSA) is 12.0 Å². The molecule has 0 aliphatic rings. The van der Waals surface area contributed by atoms with Gasteiger partial charge in [-0.1, -0.05) is 39.8 Å². The summed E-state index contributed by atoms with van der Waals surface area (Å²) in [4.78, 5) is 0. The van der Waals surface area contributed by atoms with Crippen LogP contribution in [0.3, 0.4) is 0 Å². The lowest BCUT2D eigenvalue weighted by Gasteiger charge is -2.26. The molecule has 108 valence electrons. The van der Waals surface area contributed by atoms with E-state index in [0.717, 1.165) is 12.3 Å². The molecule has 0 saturated heterocycles. The Kier molecular flexibility index (Phi) is 6.81. The predicted molar refractivity (Wildman–Crippen MR) is 93.6 cm³/mol. The van der Waals surface area contributed by atoms with Crippen molar-refractivity contribution in [3.8, 4) is 0 Å². The van der Waals surface area contributed by atoms with Crippen LogP contribution in [0.1, 0.15) is 46.1 Å². The van der Waals surface area contributed by atoms with E-state index in [4.69, 9.17) is 0 Å². The quantitative estimate of drug-likeness (QED) is 0.701. The van der Waals surface area contributed by atoms with Gasteiger partial charge in [-0.05, 0) is 77.9 Å². The number of benzene rings is 1. The van der Waals surface area contributed by atoms with E-state index in [0.29, 0.717) is 11.5 Å². The first kappa shape index (κ1) is 17.0. The molecule has 0 fully saturated rings. The number of rotatable bonds is 6. The summed E-state index contributed by atoms with van der Waals surface area (Å²) in [5.74, 6) is 0.765. The summed E-state index contributed by atoms with van der Waals surface area (Å²) in [6, 6.07) is 9.47. The molecule has 0 radical (unpaired) electrons. The van der Waals surface area contributed by atoms with E-state index in [1.165, 1.54) is 22.0 Å². The molecule has 1 aromatic rings. The Morgan fingerprint density at radius 1 is 1.16 bits per heavy atom. The van der Waals surface area contributed by atoms with Gasteiger partial charge in [0.1, 0.15) is 0 Å². The van der Waals surface area contributed by atoms with Crippen LogP contribution in [-0.2, 0) is 6.42 Å². The first-order chi connectivity index (χ1) is 8.80. The van der Waals surface area contributed by atoms with Crippen LogP contribution < -0.4 is 5.32 Å². The van der Waals surface area contributed by atoms with Crippen molar-refractivity contribution >= 4 is 22.6 Å². The second kappa shape index (κ2) is 7.63. The molecule has 1 nitrogen and oxygen atoms in total. The van der Waals surface area contributed by atoms with Crippen LogP contribution in [0.2, 0.25) is 0 Å². The Labute approximate surface area is 132 Å². The van der Waals surface area contributed by atoms with Gasteiger partial charge in [-0.25, -0.2) is 0 Å². The molecule has 0 aromatic heterocycles. The van der Waals surface area contributed by atoms with Crippen molar-refractivity contribution in [3.05, 3.63) is 33.4 Å². The maximum Gasteiger partial charge on any atom is 0.0130 e. The van der Waals surface area contributed by atoms with Crippen molar-refractivity contribution in [1.29, 1.82) is 0 Å². The minimum atomic E-state index is 0.431. The van der Waals surface area contributed by atoms with Crippen LogP contribution in [0.15, 0.2) is 24.3 Å². The van der Waals surface area contributed by atoms with E-state index >= 15 is 0 Å². The van der Waals surface area contributed by atoms with Crippen molar-refractivity contribution in [1.82, 2.24) is 5.32 Å². The summed E-state index contributed by atoms with van der Waals surface area (Å²) in [6.45, 7) is 9.37. The van der Waals surface area contributed by atoms with Gasteiger partial charge >= 0.3 is 0 Å². The lowest BCUT2D eigenvalue weighted by atomic mass is 9.82. The molecule has 2 atom stereocenters. The minimum Gasteiger partial charge on any atom is -0.317 e. The van der Waals surface area contributed by atoms with Crippen LogP contribution in [0.5, 0.6) is 0 Å². The largest absolute Gasteiger partial charge is 0.317 e. The minimum absolute atomic E-state index is 0.431. The lowest BCUT2D eigenvalue weighted by molar-refractivity contribution is 0.277. The fourth-order valence-electron chi connectivity index (χ4n) is 2.82. The third-order valence-corrected chi connectivity index (χ3v) is 4.17. The molecular formula is C17H28IN. The van der Waals surface area contributed by atoms with Crippen molar-refractivity contribution in [3.63, 3.8) is 0 Å². The van der Waals surface area contributed by atoms with E-state index in [-0.39, 0.29) is 0 Å². The van der Waals surface area contributed by atoms with Crippen molar-refractivity contribution < 1.29 is 0 Å². The Morgan fingerprint density at radius 2 is 1.74 bits per heavy atom. The third-order valence-electron chi connectivity index (χ3n) is 3.45. The van der Waals surface area contributed by atoms with Crippen LogP contribution in [-0.4, -0.2) is 13.1 Å². The van der Waals surface area contributed by atoms with Gasteiger partial charge in [-0.2, -0.15) is 0 Å². The zero-order chi connectivity index (χ0) is 14.5. The number of likely N-dealkylation sites (N-methyl/N-ethyl adjacent to an activating group) is 1. The molecule has 0 saturated carbocycles. The number of nitrogens with one attached hydrogen (secondary N) is 1. The monoisotopic (exact) mass is 373 g/mol. The number of halogens is 1. The second-order valence-corrected chi connectivity index (χ2v) is 8.17. The number of hydrogen-bond donors (Lipinski definition) is 1. The summed E-state index contributed by atoms with van der Waals surface area (Å²) < 4.78 is 1.31. The SMILES string of the molecule is CNC(Cc1ccc(I)cc1)CC(C)CC(C)(C)C. The van der Waals surface area contributed by atoms with Crippen LogP contribution >= 0.6 is 22.6 Å². The Hall–Kier alpha value is -0.0900. The fraction of sp³-hybridized carbons (Fsp3) is 0.647. The van der Waals surface area contributed by atoms with Gasteiger partial charge in [0.15, 0.2) is 0 Å². The molecule has 1 aromatic carbocycles. The number of hydrogen-bond acceptors (Lipinski definition) is 1. The Morgan fingerprint density at radius 3 is 2.21 bits per heavy atom. The molecule has 2 heteroatoms. The van der Waals surface area contributed by atoms with E-state index in [1.807, 2.05) is 0 Å². The van der Waals surface area contributed by atoms with Crippen molar-refractivity contribution in [2.75, 3.05) is 7.05 Å². The first-order valence-corrected chi connectivity index (χ1v) is 8.30. The maximum atomic E-state index is 3.48. The average molecular weight is 373 g/mol. The molecule has 0 amide bonds. The zero-order valence-electron chi connectivity index (χ0n) is 13.0. The van der Waals surface area contributed by atoms with Gasteiger partial charge in [0, 0.05) is 9.61 Å². The lowest BCUT2D eigenvalue weighted by Crippen LogP contribution is -2.30. The highest BCUT2D eigenvalue weighted by molar-refractivity contribution is 14.1. The molecule has 2 unspecified atom stereocenters. The van der Waals surface area contributed by atoms with E-state index in [2.05, 4.69) is 86.9 Å². The Balaban J connectivity index is 2.51. The molecule has 0 aliphatic carbocycles. The van der Waals surface area contributed by atoms with E-state index < -0.39 is 0 Å². The van der Waals surface area contributed by atoms with E-state index in [1.54, 1.807) is 0 Å². The van der Waals surface area contributed by atoms with Gasteiger partial charge in [-0.15, -0.1) is 0 Å². The predicted octanol–water partition coefficient (Wildman–Crippen LogP) is 4.88. The fourth-order valence-corrected chi connectivity index (χ4v) is 3.18. The molecule has 19 heavy (non-hydrogen) atoms. The van der Waals surface area contributed by atoms with Gasteiger partial charge < -0.3 is 5.32 Å². The first-order valence-electron chi connectivity index (χ1n) is 7.22. The highest BCUT2D eigenvalue weighted by Crippen LogP contribution is 2.27. The third kappa shape index (κ3) is 7.31. The van der Waals surface area contributed by atoms with Crippen molar-refractivity contribution in [2.24, 2.45) is 11.3 Å². The van der Waals surface area contributed by atoms with Crippen LogP contribution in [0, 0.1) is 14.9 Å². The maximum absolute atomic E-state index is 3.48. The molecule has 1 N–H and O–H groups in total. The summed E-state index contributed by atoms with van der Waals surface area (Å²) >= 11 is 2.36. The van der Waals surface area contributed by atoms with Gasteiger partial charge in [0.2, 0.25) is 0 Å². The smallest absolute Gasteiger partial charge is 0.0130 e. The molecular weight excluding hydrogens is 345 g/mol. The van der Waals surface area contributed by atoms with E-state index in [9.17, 15) is 0 Å². The Bertz CT molecular complexity index is 364. The van der Waals surface area contributed by atoms with Crippen LogP contribution in [0.4, 0.5) is 0 Å². The van der Waals surface area contributed by atoms with Gasteiger partial charge in [0.25, 0.3) is 0 Å². The summed E-state index contributed by atoms with van der Waals surface area (Å²) in [7, 11) is 2.08. The molecule has 0 bridgehead atoms. The zero-order valence-corrected chi connectivity index (χ0v) is 15.1. The van der Waals surface area contributed by atoms with Crippen molar-refractivity contribution in [2.45, 2.75) is 53.0 Å². The standard InChI is InChI=1S/C17H28IN/c1-13(12-17(2,3)4)10-16(19-5)11-14-6-8-15(18)9-7-14/h6-9,13,16,19H,10-12H2,1-5H3. The second-order valence-electron chi connectivity index (χ2n) is 6.92. The van der Waals surface area contributed by atoms with Gasteiger partial charge in [0.05, 0.1) is 0 Å². The highest BCUT2D eigenvalue weighted by atomic mass is 127. The normalized spacial score (nSPS) is 15.3. The molecule has 1 rings (SSSR count). The average Bonchev–Trinajstić information content (AvgIpc) is 2.28. The summed E-state index contributed by atoms with van der Waals surface area (Å²) in [5, 5.41) is 3.48. The van der Waals surface area contributed by atoms with Gasteiger partial charge in [-0.3, -0.25) is 0 Å². The molecule has 0 aliphatic heterocycles. The van der Waals surface area contributed by atoms with Crippen LogP contribution in [0.25, 0.3) is 0 Å². The molecule has 0 heterocycles. The summed E-state index contributed by atoms with van der Waals surface area (Å²) in [5.41, 5.74) is 1.86. The highest BCUT2D eigenvalue weighted by Gasteiger charge is 2.18. The summed E-state index contributed by atoms with van der Waals surface area (Å²) in [6.07, 6.45) is 3.67.